The lowest BCUT2D eigenvalue weighted by molar-refractivity contribution is -0.145. The molecule has 2 saturated heterocycles. The van der Waals surface area contributed by atoms with Crippen molar-refractivity contribution >= 4 is 0 Å². The van der Waals surface area contributed by atoms with E-state index in [4.69, 9.17) is 0 Å². The Bertz CT molecular complexity index is 1330. The van der Waals surface area contributed by atoms with Crippen LogP contribution in [0.4, 0.5) is 26.3 Å². The minimum atomic E-state index is -5.05. The van der Waals surface area contributed by atoms with Gasteiger partial charge in [-0.3, -0.25) is 4.90 Å². The fraction of sp³-hybridized carbons (Fsp3) is 0.618. The number of alkyl halides is 6. The molecule has 5 rings (SSSR count). The molecule has 1 aromatic carbocycles. The summed E-state index contributed by atoms with van der Waals surface area (Å²) >= 11 is 0. The van der Waals surface area contributed by atoms with Crippen molar-refractivity contribution in [2.24, 2.45) is 11.8 Å². The standard InChI is InChI=1S/C34H45F6N5/c1-5-6-19-44-24(3)29(23(2)26-13-9-7-10-14-26)41-25(4)32(44)17-20-43(21-18-32)22-28-30(33(35,36)37)42-45(31(28)34(38,39)40)27-15-11-8-12-16-27/h8,11-12,15-16,23,26,29,41H,3-7,9-10,13-14,17-22H2,1-2H3. The quantitative estimate of drug-likeness (QED) is 0.294. The number of hydrogen-bond donors (Lipinski definition) is 1. The lowest BCUT2D eigenvalue weighted by Gasteiger charge is -2.58. The fourth-order valence-electron chi connectivity index (χ4n) is 7.80. The summed E-state index contributed by atoms with van der Waals surface area (Å²) in [6, 6.07) is 7.21. The summed E-state index contributed by atoms with van der Waals surface area (Å²) < 4.78 is 86.3. The molecule has 1 saturated carbocycles. The van der Waals surface area contributed by atoms with E-state index in [2.05, 4.69) is 42.3 Å². The van der Waals surface area contributed by atoms with Crippen molar-refractivity contribution in [3.8, 4) is 5.69 Å². The Morgan fingerprint density at radius 1 is 0.978 bits per heavy atom. The van der Waals surface area contributed by atoms with Crippen LogP contribution in [0.25, 0.3) is 5.69 Å². The molecule has 45 heavy (non-hydrogen) atoms. The first-order valence-electron chi connectivity index (χ1n) is 16.2. The molecule has 248 valence electrons. The molecule has 2 atom stereocenters. The SMILES string of the molecule is C=C1C(C(C)C2CCCCC2)NC(=C)C2(CCN(Cc3c(C(F)(F)F)nn(-c4ccccc4)c3C(F)(F)F)CC2)N1CCCC. The van der Waals surface area contributed by atoms with Crippen LogP contribution in [0.15, 0.2) is 54.9 Å². The van der Waals surface area contributed by atoms with Gasteiger partial charge in [0.05, 0.1) is 17.3 Å². The number of rotatable bonds is 8. The molecule has 1 N–H and O–H groups in total. The summed E-state index contributed by atoms with van der Waals surface area (Å²) in [5.74, 6) is 0.978. The van der Waals surface area contributed by atoms with Crippen LogP contribution >= 0.6 is 0 Å². The maximum Gasteiger partial charge on any atom is 0.435 e. The molecule has 0 radical (unpaired) electrons. The molecule has 1 aliphatic carbocycles. The molecule has 0 amide bonds. The monoisotopic (exact) mass is 637 g/mol. The van der Waals surface area contributed by atoms with E-state index in [0.29, 0.717) is 42.4 Å². The predicted octanol–water partition coefficient (Wildman–Crippen LogP) is 8.56. The van der Waals surface area contributed by atoms with E-state index in [1.54, 1.807) is 11.0 Å². The highest BCUT2D eigenvalue weighted by Crippen LogP contribution is 2.46. The molecule has 3 fully saturated rings. The summed E-state index contributed by atoms with van der Waals surface area (Å²) in [5.41, 5.74) is -2.41. The predicted molar refractivity (Wildman–Crippen MR) is 163 cm³/mol. The zero-order valence-corrected chi connectivity index (χ0v) is 26.3. The number of aromatic nitrogens is 2. The number of nitrogens with zero attached hydrogens (tertiary/aromatic N) is 4. The van der Waals surface area contributed by atoms with Crippen LogP contribution in [-0.2, 0) is 18.9 Å². The number of unbranched alkanes of at least 4 members (excludes halogenated alkanes) is 1. The molecule has 3 aliphatic rings. The smallest absolute Gasteiger partial charge is 0.378 e. The average molecular weight is 638 g/mol. The van der Waals surface area contributed by atoms with Crippen LogP contribution in [0, 0.1) is 11.8 Å². The van der Waals surface area contributed by atoms with Crippen LogP contribution in [0.1, 0.15) is 88.6 Å². The summed E-state index contributed by atoms with van der Waals surface area (Å²) in [5, 5.41) is 7.21. The van der Waals surface area contributed by atoms with Gasteiger partial charge in [-0.25, -0.2) is 4.68 Å². The van der Waals surface area contributed by atoms with Gasteiger partial charge in [0.2, 0.25) is 0 Å². The second-order valence-electron chi connectivity index (χ2n) is 13.1. The third-order valence-corrected chi connectivity index (χ3v) is 10.4. The van der Waals surface area contributed by atoms with Crippen LogP contribution in [0.5, 0.6) is 0 Å². The summed E-state index contributed by atoms with van der Waals surface area (Å²) in [7, 11) is 0. The number of para-hydroxylation sites is 1. The number of nitrogens with one attached hydrogen (secondary N) is 1. The van der Waals surface area contributed by atoms with Crippen molar-refractivity contribution in [2.75, 3.05) is 19.6 Å². The summed E-state index contributed by atoms with van der Waals surface area (Å²) in [6.45, 7) is 14.4. The van der Waals surface area contributed by atoms with Gasteiger partial charge in [-0.2, -0.15) is 31.4 Å². The maximum atomic E-state index is 14.5. The Morgan fingerprint density at radius 2 is 1.62 bits per heavy atom. The van der Waals surface area contributed by atoms with Gasteiger partial charge in [-0.05, 0) is 43.2 Å². The fourth-order valence-corrected chi connectivity index (χ4v) is 7.80. The number of piperazine rings is 1. The minimum absolute atomic E-state index is 0.0497. The van der Waals surface area contributed by atoms with E-state index in [1.807, 2.05) is 0 Å². The molecule has 11 heteroatoms. The van der Waals surface area contributed by atoms with Gasteiger partial charge in [0.25, 0.3) is 0 Å². The molecule has 2 aromatic rings. The number of hydrogen-bond acceptors (Lipinski definition) is 4. The van der Waals surface area contributed by atoms with Crippen molar-refractivity contribution in [3.05, 3.63) is 71.8 Å². The molecule has 1 spiro atoms. The third-order valence-electron chi connectivity index (χ3n) is 10.4. The number of piperidine rings is 1. The highest BCUT2D eigenvalue weighted by atomic mass is 19.4. The molecule has 0 bridgehead atoms. The first-order chi connectivity index (χ1) is 21.3. The molecule has 5 nitrogen and oxygen atoms in total. The second-order valence-corrected chi connectivity index (χ2v) is 13.1. The maximum absolute atomic E-state index is 14.5. The van der Waals surface area contributed by atoms with E-state index in [9.17, 15) is 26.3 Å². The van der Waals surface area contributed by atoms with Crippen molar-refractivity contribution in [2.45, 2.75) is 102 Å². The molecule has 1 aromatic heterocycles. The van der Waals surface area contributed by atoms with Crippen molar-refractivity contribution in [1.29, 1.82) is 0 Å². The van der Waals surface area contributed by atoms with Gasteiger partial charge in [-0.1, -0.05) is 83.7 Å². The largest absolute Gasteiger partial charge is 0.435 e. The molecular weight excluding hydrogens is 592 g/mol. The van der Waals surface area contributed by atoms with E-state index < -0.39 is 41.4 Å². The van der Waals surface area contributed by atoms with Gasteiger partial charge in [0.15, 0.2) is 11.4 Å². The van der Waals surface area contributed by atoms with Gasteiger partial charge < -0.3 is 10.2 Å². The Hall–Kier alpha value is -2.95. The van der Waals surface area contributed by atoms with Crippen molar-refractivity contribution in [1.82, 2.24) is 24.9 Å². The summed E-state index contributed by atoms with van der Waals surface area (Å²) in [6.07, 6.45) is -0.959. The van der Waals surface area contributed by atoms with Gasteiger partial charge in [0, 0.05) is 43.1 Å². The average Bonchev–Trinajstić information content (AvgIpc) is 3.41. The lowest BCUT2D eigenvalue weighted by Crippen LogP contribution is -2.65. The highest BCUT2D eigenvalue weighted by Gasteiger charge is 2.51. The Kier molecular flexibility index (Phi) is 9.69. The van der Waals surface area contributed by atoms with Gasteiger partial charge >= 0.3 is 12.4 Å². The summed E-state index contributed by atoms with van der Waals surface area (Å²) in [4.78, 5) is 4.05. The van der Waals surface area contributed by atoms with E-state index in [-0.39, 0.29) is 11.7 Å². The van der Waals surface area contributed by atoms with Crippen molar-refractivity contribution < 1.29 is 26.3 Å². The number of benzene rings is 1. The Labute approximate surface area is 262 Å². The van der Waals surface area contributed by atoms with Crippen LogP contribution in [-0.4, -0.2) is 50.8 Å². The first kappa shape index (κ1) is 33.4. The van der Waals surface area contributed by atoms with Crippen LogP contribution in [0.2, 0.25) is 0 Å². The van der Waals surface area contributed by atoms with Crippen molar-refractivity contribution in [3.63, 3.8) is 0 Å². The molecule has 2 aliphatic heterocycles. The minimum Gasteiger partial charge on any atom is -0.378 e. The number of halogens is 6. The molecular formula is C34H45F6N5. The highest BCUT2D eigenvalue weighted by molar-refractivity contribution is 5.40. The zero-order chi connectivity index (χ0) is 32.6. The van der Waals surface area contributed by atoms with Gasteiger partial charge in [-0.15, -0.1) is 0 Å². The van der Waals surface area contributed by atoms with E-state index >= 15 is 0 Å². The molecule has 3 heterocycles. The third kappa shape index (κ3) is 6.65. The normalized spacial score (nSPS) is 22.6. The van der Waals surface area contributed by atoms with E-state index in [0.717, 1.165) is 30.8 Å². The van der Waals surface area contributed by atoms with E-state index in [1.165, 1.54) is 56.4 Å². The molecule has 2 unspecified atom stereocenters. The lowest BCUT2D eigenvalue weighted by atomic mass is 9.73. The Balaban J connectivity index is 1.41. The Morgan fingerprint density at radius 3 is 2.20 bits per heavy atom. The number of likely N-dealkylation sites (tertiary alicyclic amines) is 1. The van der Waals surface area contributed by atoms with Crippen LogP contribution in [0.3, 0.4) is 0 Å². The topological polar surface area (TPSA) is 36.3 Å². The van der Waals surface area contributed by atoms with Crippen LogP contribution < -0.4 is 5.32 Å². The first-order valence-corrected chi connectivity index (χ1v) is 16.2. The van der Waals surface area contributed by atoms with Gasteiger partial charge in [0.1, 0.15) is 0 Å². The second kappa shape index (κ2) is 13.0. The zero-order valence-electron chi connectivity index (χ0n) is 26.3.